The number of benzene rings is 2. The molecular formula is C35H37N4O8P. The molecule has 6 N–H and O–H groups in total. The van der Waals surface area contributed by atoms with Gasteiger partial charge in [0.1, 0.15) is 23.9 Å². The molecule has 12 nitrogen and oxygen atoms in total. The van der Waals surface area contributed by atoms with Gasteiger partial charge in [0.15, 0.2) is 6.23 Å². The van der Waals surface area contributed by atoms with Crippen LogP contribution in [0.25, 0.3) is 0 Å². The van der Waals surface area contributed by atoms with Crippen LogP contribution in [0.5, 0.6) is 0 Å². The van der Waals surface area contributed by atoms with Crippen molar-refractivity contribution in [1.29, 1.82) is 0 Å². The minimum atomic E-state index is -1.53. The molecule has 48 heavy (non-hydrogen) atoms. The lowest BCUT2D eigenvalue weighted by Gasteiger charge is -2.29. The number of nitrogens with one attached hydrogen (secondary N) is 3. The number of carbonyl (C=O) groups is 2. The predicted molar refractivity (Wildman–Crippen MR) is 181 cm³/mol. The summed E-state index contributed by atoms with van der Waals surface area (Å²) in [6.45, 7) is 1.25. The Morgan fingerprint density at radius 2 is 1.65 bits per heavy atom. The van der Waals surface area contributed by atoms with Gasteiger partial charge in [-0.25, -0.2) is 4.79 Å². The topological polar surface area (TPSA) is 183 Å². The van der Waals surface area contributed by atoms with E-state index in [1.54, 1.807) is 0 Å². The molecule has 13 heteroatoms. The number of H-pyrrole nitrogens is 1. The third-order valence-electron chi connectivity index (χ3n) is 8.08. The lowest BCUT2D eigenvalue weighted by atomic mass is 10.0. The number of nitrogens with zero attached hydrogens (tertiary/aromatic N) is 1. The molecule has 250 valence electrons. The molecule has 2 amide bonds. The molecule has 1 aliphatic heterocycles. The van der Waals surface area contributed by atoms with Gasteiger partial charge in [0, 0.05) is 31.0 Å². The largest absolute Gasteiger partial charge is 0.394 e. The number of amides is 2. The van der Waals surface area contributed by atoms with E-state index in [0.717, 1.165) is 10.8 Å². The monoisotopic (exact) mass is 672 g/mol. The van der Waals surface area contributed by atoms with Crippen molar-refractivity contribution in [1.82, 2.24) is 20.2 Å². The molecule has 6 atom stereocenters. The van der Waals surface area contributed by atoms with Crippen LogP contribution in [-0.2, 0) is 14.3 Å². The molecule has 2 aliphatic rings. The third kappa shape index (κ3) is 8.08. The van der Waals surface area contributed by atoms with Crippen molar-refractivity contribution in [2.24, 2.45) is 5.92 Å². The lowest BCUT2D eigenvalue weighted by Crippen LogP contribution is -2.38. The van der Waals surface area contributed by atoms with Crippen LogP contribution in [0, 0.1) is 17.8 Å². The Hall–Kier alpha value is -4.63. The molecule has 0 saturated carbocycles. The summed E-state index contributed by atoms with van der Waals surface area (Å²) in [5, 5.41) is 38.8. The maximum atomic E-state index is 12.9. The number of rotatable bonds is 11. The molecule has 2 heterocycles. The van der Waals surface area contributed by atoms with Crippen LogP contribution in [-0.4, -0.2) is 74.2 Å². The summed E-state index contributed by atoms with van der Waals surface area (Å²) in [4.78, 5) is 51.9. The number of hydrogen-bond donors (Lipinski definition) is 6. The van der Waals surface area contributed by atoms with Crippen LogP contribution in [0.3, 0.4) is 0 Å². The number of carbonyl (C=O) groups excluding carboxylic acids is 2. The van der Waals surface area contributed by atoms with Crippen molar-refractivity contribution in [3.63, 3.8) is 0 Å². The fraction of sp³-hybridized carbons (Fsp3) is 0.314. The maximum absolute atomic E-state index is 12.9. The van der Waals surface area contributed by atoms with Crippen molar-refractivity contribution in [3.05, 3.63) is 117 Å². The van der Waals surface area contributed by atoms with Gasteiger partial charge in [-0.1, -0.05) is 90.7 Å². The van der Waals surface area contributed by atoms with Gasteiger partial charge in [-0.3, -0.25) is 23.9 Å². The number of ether oxygens (including phenoxy) is 1. The molecule has 1 aromatic heterocycles. The van der Waals surface area contributed by atoms with E-state index in [4.69, 9.17) is 4.74 Å². The Morgan fingerprint density at radius 1 is 1.00 bits per heavy atom. The highest BCUT2D eigenvalue weighted by Crippen LogP contribution is 2.49. The Bertz CT molecular complexity index is 1810. The minimum absolute atomic E-state index is 0.00764. The van der Waals surface area contributed by atoms with Crippen molar-refractivity contribution in [2.75, 3.05) is 13.2 Å². The Labute approximate surface area is 277 Å². The van der Waals surface area contributed by atoms with E-state index >= 15 is 0 Å². The number of aromatic amines is 1. The van der Waals surface area contributed by atoms with Gasteiger partial charge in [-0.15, -0.1) is 0 Å². The highest BCUT2D eigenvalue weighted by molar-refractivity contribution is 7.76. The first-order valence-corrected chi connectivity index (χ1v) is 16.8. The zero-order valence-electron chi connectivity index (χ0n) is 26.2. The van der Waals surface area contributed by atoms with Crippen LogP contribution in [0.1, 0.15) is 31.6 Å². The first-order valence-electron chi connectivity index (χ1n) is 15.5. The Kier molecular flexibility index (Phi) is 11.5. The molecule has 1 fully saturated rings. The quantitative estimate of drug-likeness (QED) is 0.123. The summed E-state index contributed by atoms with van der Waals surface area (Å²) >= 11 is 0. The highest BCUT2D eigenvalue weighted by Gasteiger charge is 2.43. The standard InChI is InChI=1S/C35H37N4O8P/c1-22(26-15-8-16-28(26)48(24-11-4-2-5-12-24)25-13-6-3-7-14-25)37-30(42)18-17-29(41)36-19-9-10-23-20-39(35(46)38-33(23)45)34-32(44)31(43)27(21-40)47-34/h2-8,11-16,20,22,26-27,31-32,34,40,43-44H,17-19,21H2,1H3,(H,36,41)(H,37,42)(H,38,45,46)/t22?,26?,27-,31-,32-,34-/m1/s1. The van der Waals surface area contributed by atoms with Crippen LogP contribution in [0.2, 0.25) is 0 Å². The smallest absolute Gasteiger partial charge is 0.330 e. The minimum Gasteiger partial charge on any atom is -0.394 e. The maximum Gasteiger partial charge on any atom is 0.330 e. The summed E-state index contributed by atoms with van der Waals surface area (Å²) in [5.74, 6) is 4.52. The molecule has 2 aromatic carbocycles. The van der Waals surface area contributed by atoms with Gasteiger partial charge in [-0.2, -0.15) is 0 Å². The predicted octanol–water partition coefficient (Wildman–Crippen LogP) is 0.104. The van der Waals surface area contributed by atoms with Crippen molar-refractivity contribution >= 4 is 30.3 Å². The van der Waals surface area contributed by atoms with Gasteiger partial charge >= 0.3 is 5.69 Å². The lowest BCUT2D eigenvalue weighted by molar-refractivity contribution is -0.126. The summed E-state index contributed by atoms with van der Waals surface area (Å²) in [7, 11) is -0.812. The molecule has 3 aromatic rings. The first kappa shape index (κ1) is 34.7. The Morgan fingerprint density at radius 3 is 2.27 bits per heavy atom. The number of hydrogen-bond acceptors (Lipinski definition) is 8. The molecule has 1 aliphatic carbocycles. The van der Waals surface area contributed by atoms with Crippen molar-refractivity contribution in [3.8, 4) is 11.8 Å². The normalized spacial score (nSPS) is 22.1. The van der Waals surface area contributed by atoms with E-state index in [1.165, 1.54) is 15.9 Å². The number of aliphatic hydroxyl groups is 3. The second-order valence-corrected chi connectivity index (χ2v) is 13.6. The number of allylic oxidation sites excluding steroid dienone is 2. The van der Waals surface area contributed by atoms with Crippen LogP contribution in [0.15, 0.2) is 100.0 Å². The average Bonchev–Trinajstić information content (AvgIpc) is 3.68. The SMILES string of the molecule is CC(NC(=O)CCC(=O)NCC#Cc1cn([C@@H]2O[C@H](CO)[C@@H](O)[C@H]2O)c(=O)[nH]c1=O)C1C=CC=C1P(c1ccccc1)c1ccccc1. The third-order valence-corrected chi connectivity index (χ3v) is 10.7. The van der Waals surface area contributed by atoms with E-state index in [1.807, 2.05) is 49.4 Å². The zero-order valence-corrected chi connectivity index (χ0v) is 27.0. The number of aromatic nitrogens is 2. The van der Waals surface area contributed by atoms with Gasteiger partial charge in [0.25, 0.3) is 5.56 Å². The average molecular weight is 673 g/mol. The van der Waals surface area contributed by atoms with Crippen LogP contribution >= 0.6 is 7.92 Å². The molecule has 5 rings (SSSR count). The summed E-state index contributed by atoms with van der Waals surface area (Å²) in [5.41, 5.74) is -1.83. The second kappa shape index (κ2) is 16.0. The molecular weight excluding hydrogens is 635 g/mol. The van der Waals surface area contributed by atoms with Gasteiger partial charge in [0.2, 0.25) is 11.8 Å². The second-order valence-electron chi connectivity index (χ2n) is 11.4. The molecule has 1 saturated heterocycles. The molecule has 0 spiro atoms. The van der Waals surface area contributed by atoms with E-state index in [9.17, 15) is 34.5 Å². The summed E-state index contributed by atoms with van der Waals surface area (Å²) in [6, 6.07) is 20.5. The van der Waals surface area contributed by atoms with Gasteiger partial charge < -0.3 is 30.7 Å². The highest BCUT2D eigenvalue weighted by atomic mass is 31.1. The zero-order chi connectivity index (χ0) is 34.2. The van der Waals surface area contributed by atoms with E-state index in [-0.39, 0.29) is 42.8 Å². The van der Waals surface area contributed by atoms with Gasteiger partial charge in [-0.05, 0) is 30.8 Å². The fourth-order valence-electron chi connectivity index (χ4n) is 5.62. The van der Waals surface area contributed by atoms with E-state index < -0.39 is 56.2 Å². The fourth-order valence-corrected chi connectivity index (χ4v) is 8.30. The van der Waals surface area contributed by atoms with Crippen molar-refractivity contribution < 1.29 is 29.6 Å². The van der Waals surface area contributed by atoms with Crippen molar-refractivity contribution in [2.45, 2.75) is 50.3 Å². The van der Waals surface area contributed by atoms with Crippen LogP contribution in [0.4, 0.5) is 0 Å². The van der Waals surface area contributed by atoms with Gasteiger partial charge in [0.05, 0.1) is 13.2 Å². The first-order chi connectivity index (χ1) is 23.2. The summed E-state index contributed by atoms with van der Waals surface area (Å²) < 4.78 is 6.23. The molecule has 2 unspecified atom stereocenters. The Balaban J connectivity index is 1.13. The molecule has 0 bridgehead atoms. The summed E-state index contributed by atoms with van der Waals surface area (Å²) in [6.07, 6.45) is 1.82. The number of aliphatic hydroxyl groups excluding tert-OH is 3. The van der Waals surface area contributed by atoms with E-state index in [2.05, 4.69) is 63.9 Å². The van der Waals surface area contributed by atoms with E-state index in [0.29, 0.717) is 0 Å². The van der Waals surface area contributed by atoms with Crippen LogP contribution < -0.4 is 32.5 Å². The molecule has 0 radical (unpaired) electrons.